The van der Waals surface area contributed by atoms with E-state index in [4.69, 9.17) is 0 Å². The molecule has 0 unspecified atom stereocenters. The van der Waals surface area contributed by atoms with Crippen molar-refractivity contribution in [3.8, 4) is 0 Å². The molecule has 2 bridgehead atoms. The highest BCUT2D eigenvalue weighted by molar-refractivity contribution is 6.04. The topological polar surface area (TPSA) is 46.2 Å². The Morgan fingerprint density at radius 1 is 1.10 bits per heavy atom. The van der Waals surface area contributed by atoms with Crippen LogP contribution in [0.2, 0.25) is 0 Å². The Hall–Kier alpha value is -1.64. The van der Waals surface area contributed by atoms with Crippen LogP contribution in [0.15, 0.2) is 30.3 Å². The molecule has 0 saturated heterocycles. The number of carbonyl (C=O) groups excluding carboxylic acids is 2. The second kappa shape index (κ2) is 3.94. The van der Waals surface area contributed by atoms with Crippen molar-refractivity contribution in [2.75, 3.05) is 5.32 Å². The Morgan fingerprint density at radius 3 is 2.25 bits per heavy atom. The highest BCUT2D eigenvalue weighted by Crippen LogP contribution is 2.70. The third kappa shape index (κ3) is 1.41. The number of fused-ring (bicyclic) bond motifs is 2. The van der Waals surface area contributed by atoms with Crippen LogP contribution in [-0.4, -0.2) is 11.7 Å². The summed E-state index contributed by atoms with van der Waals surface area (Å²) in [6.07, 6.45) is 2.01. The maximum absolute atomic E-state index is 12.8. The molecule has 20 heavy (non-hydrogen) atoms. The molecule has 3 heteroatoms. The molecule has 106 valence electrons. The van der Waals surface area contributed by atoms with Gasteiger partial charge < -0.3 is 5.32 Å². The molecule has 1 amide bonds. The summed E-state index contributed by atoms with van der Waals surface area (Å²) >= 11 is 0. The monoisotopic (exact) mass is 271 g/mol. The lowest BCUT2D eigenvalue weighted by molar-refractivity contribution is -0.131. The van der Waals surface area contributed by atoms with Crippen molar-refractivity contribution in [1.29, 1.82) is 0 Å². The zero-order valence-corrected chi connectivity index (χ0v) is 12.3. The van der Waals surface area contributed by atoms with Gasteiger partial charge in [-0.15, -0.1) is 0 Å². The fourth-order valence-corrected chi connectivity index (χ4v) is 4.13. The van der Waals surface area contributed by atoms with E-state index in [-0.39, 0.29) is 22.5 Å². The molecular formula is C17H21NO2. The van der Waals surface area contributed by atoms with E-state index in [1.54, 1.807) is 0 Å². The smallest absolute Gasteiger partial charge is 0.231 e. The number of hydrogen-bond acceptors (Lipinski definition) is 2. The van der Waals surface area contributed by atoms with Crippen LogP contribution in [0.1, 0.15) is 40.0 Å². The van der Waals surface area contributed by atoms with Crippen molar-refractivity contribution >= 4 is 17.4 Å². The summed E-state index contributed by atoms with van der Waals surface area (Å²) in [5.41, 5.74) is -0.373. The Morgan fingerprint density at radius 2 is 1.75 bits per heavy atom. The average Bonchev–Trinajstić information content (AvgIpc) is 2.70. The molecule has 0 aromatic heterocycles. The van der Waals surface area contributed by atoms with Crippen molar-refractivity contribution in [3.63, 3.8) is 0 Å². The second-order valence-electron chi connectivity index (χ2n) is 6.96. The quantitative estimate of drug-likeness (QED) is 0.896. The summed E-state index contributed by atoms with van der Waals surface area (Å²) in [5, 5.41) is 3.00. The largest absolute Gasteiger partial charge is 0.326 e. The molecule has 1 aromatic carbocycles. The zero-order valence-electron chi connectivity index (χ0n) is 12.3. The first kappa shape index (κ1) is 13.3. The minimum atomic E-state index is -0.547. The standard InChI is InChI=1S/C17H21NO2/c1-15(2)16(3)9-10-17(15,11-13(16)19)14(20)18-12-7-5-4-6-8-12/h4-8H,9-11H2,1-3H3,(H,18,20)/t16-,17-/m0/s1. The Balaban J connectivity index is 1.94. The lowest BCUT2D eigenvalue weighted by Gasteiger charge is -2.38. The highest BCUT2D eigenvalue weighted by atomic mass is 16.2. The van der Waals surface area contributed by atoms with Crippen molar-refractivity contribution < 1.29 is 9.59 Å². The second-order valence-corrected chi connectivity index (χ2v) is 6.96. The van der Waals surface area contributed by atoms with Gasteiger partial charge in [0.1, 0.15) is 5.78 Å². The number of anilines is 1. The zero-order chi connectivity index (χ0) is 14.6. The SMILES string of the molecule is CC1(C)[C@@]2(C(=O)Nc3ccccc3)CC[C@@]1(C)C(=O)C2. The molecule has 2 fully saturated rings. The van der Waals surface area contributed by atoms with Crippen LogP contribution in [0.25, 0.3) is 0 Å². The van der Waals surface area contributed by atoms with Gasteiger partial charge in [-0.2, -0.15) is 0 Å². The first-order chi connectivity index (χ1) is 9.33. The summed E-state index contributed by atoms with van der Waals surface area (Å²) < 4.78 is 0. The number of hydrogen-bond donors (Lipinski definition) is 1. The Kier molecular flexibility index (Phi) is 2.63. The summed E-state index contributed by atoms with van der Waals surface area (Å²) in [7, 11) is 0. The maximum Gasteiger partial charge on any atom is 0.231 e. The van der Waals surface area contributed by atoms with Gasteiger partial charge in [-0.05, 0) is 30.4 Å². The van der Waals surface area contributed by atoms with Gasteiger partial charge in [-0.25, -0.2) is 0 Å². The predicted molar refractivity (Wildman–Crippen MR) is 78.3 cm³/mol. The fourth-order valence-electron chi connectivity index (χ4n) is 4.13. The van der Waals surface area contributed by atoms with Gasteiger partial charge in [0, 0.05) is 17.5 Å². The molecule has 2 aliphatic rings. The van der Waals surface area contributed by atoms with E-state index in [9.17, 15) is 9.59 Å². The van der Waals surface area contributed by atoms with E-state index >= 15 is 0 Å². The van der Waals surface area contributed by atoms with E-state index in [0.717, 1.165) is 18.5 Å². The van der Waals surface area contributed by atoms with Crippen LogP contribution in [0, 0.1) is 16.2 Å². The number of nitrogens with one attached hydrogen (secondary N) is 1. The molecule has 0 aliphatic heterocycles. The maximum atomic E-state index is 12.8. The van der Waals surface area contributed by atoms with Gasteiger partial charge in [0.25, 0.3) is 0 Å². The van der Waals surface area contributed by atoms with Crippen molar-refractivity contribution in [2.24, 2.45) is 16.2 Å². The van der Waals surface area contributed by atoms with E-state index in [0.29, 0.717) is 6.42 Å². The van der Waals surface area contributed by atoms with Gasteiger partial charge >= 0.3 is 0 Å². The minimum Gasteiger partial charge on any atom is -0.326 e. The molecule has 3 nitrogen and oxygen atoms in total. The first-order valence-electron chi connectivity index (χ1n) is 7.23. The first-order valence-corrected chi connectivity index (χ1v) is 7.23. The fraction of sp³-hybridized carbons (Fsp3) is 0.529. The Bertz CT molecular complexity index is 578. The molecule has 0 radical (unpaired) electrons. The number of amides is 1. The molecule has 0 heterocycles. The Labute approximate surface area is 119 Å². The predicted octanol–water partition coefficient (Wildman–Crippen LogP) is 3.41. The molecule has 2 atom stereocenters. The average molecular weight is 271 g/mol. The van der Waals surface area contributed by atoms with Gasteiger partial charge in [-0.1, -0.05) is 39.0 Å². The van der Waals surface area contributed by atoms with Crippen LogP contribution in [0.4, 0.5) is 5.69 Å². The number of carbonyl (C=O) groups is 2. The van der Waals surface area contributed by atoms with Crippen LogP contribution >= 0.6 is 0 Å². The lowest BCUT2D eigenvalue weighted by atomic mass is 9.64. The van der Waals surface area contributed by atoms with Crippen LogP contribution < -0.4 is 5.32 Å². The number of benzene rings is 1. The number of ketones is 1. The molecule has 3 rings (SSSR count). The van der Waals surface area contributed by atoms with Crippen molar-refractivity contribution in [3.05, 3.63) is 30.3 Å². The summed E-state index contributed by atoms with van der Waals surface area (Å²) in [5.74, 6) is 0.250. The molecule has 2 aliphatic carbocycles. The van der Waals surface area contributed by atoms with Crippen molar-refractivity contribution in [2.45, 2.75) is 40.0 Å². The molecular weight excluding hydrogens is 250 g/mol. The number of para-hydroxylation sites is 1. The van der Waals surface area contributed by atoms with E-state index in [1.165, 1.54) is 0 Å². The molecule has 2 saturated carbocycles. The van der Waals surface area contributed by atoms with Gasteiger partial charge in [0.15, 0.2) is 0 Å². The van der Waals surface area contributed by atoms with Gasteiger partial charge in [0.2, 0.25) is 5.91 Å². The van der Waals surface area contributed by atoms with Gasteiger partial charge in [0.05, 0.1) is 5.41 Å². The lowest BCUT2D eigenvalue weighted by Crippen LogP contribution is -2.43. The molecule has 1 aromatic rings. The highest BCUT2D eigenvalue weighted by Gasteiger charge is 2.72. The molecule has 1 N–H and O–H groups in total. The van der Waals surface area contributed by atoms with Crippen LogP contribution in [-0.2, 0) is 9.59 Å². The van der Waals surface area contributed by atoms with Crippen LogP contribution in [0.3, 0.4) is 0 Å². The van der Waals surface area contributed by atoms with E-state index in [1.807, 2.05) is 37.3 Å². The summed E-state index contributed by atoms with van der Waals surface area (Å²) in [4.78, 5) is 25.2. The van der Waals surface area contributed by atoms with Crippen molar-refractivity contribution in [1.82, 2.24) is 0 Å². The number of rotatable bonds is 2. The van der Waals surface area contributed by atoms with Crippen LogP contribution in [0.5, 0.6) is 0 Å². The molecule has 0 spiro atoms. The summed E-state index contributed by atoms with van der Waals surface area (Å²) in [6.45, 7) is 6.19. The third-order valence-corrected chi connectivity index (χ3v) is 6.17. The van der Waals surface area contributed by atoms with E-state index < -0.39 is 5.41 Å². The van der Waals surface area contributed by atoms with Gasteiger partial charge in [-0.3, -0.25) is 9.59 Å². The minimum absolute atomic E-state index is 0.00303. The normalized spacial score (nSPS) is 34.2. The summed E-state index contributed by atoms with van der Waals surface area (Å²) in [6, 6.07) is 9.48. The third-order valence-electron chi connectivity index (χ3n) is 6.17. The van der Waals surface area contributed by atoms with E-state index in [2.05, 4.69) is 19.2 Å². The number of Topliss-reactive ketones (excluding diaryl/α,β-unsaturated/α-hetero) is 1.